The van der Waals surface area contributed by atoms with E-state index in [4.69, 9.17) is 28.7 Å². The summed E-state index contributed by atoms with van der Waals surface area (Å²) in [5.74, 6) is -5.52. The van der Waals surface area contributed by atoms with Gasteiger partial charge in [0.2, 0.25) is 0 Å². The van der Waals surface area contributed by atoms with Crippen LogP contribution >= 0.6 is 0 Å². The zero-order valence-electron chi connectivity index (χ0n) is 44.1. The van der Waals surface area contributed by atoms with Crippen molar-refractivity contribution < 1.29 is 58.5 Å². The number of anilines is 1. The van der Waals surface area contributed by atoms with Crippen LogP contribution in [0.5, 0.6) is 17.2 Å². The summed E-state index contributed by atoms with van der Waals surface area (Å²) in [7, 11) is 1.50. The summed E-state index contributed by atoms with van der Waals surface area (Å²) in [4.78, 5) is 59.2. The SMILES string of the molecule is CO[C@H]1/C=C/O[C@@]2(C)Oc3c(C)c(O)c4c(O)c(c5c(c4c3C2=O)NC2(CCN(CC(C)C)CC2)N=5)=NC(=O)/C(C)=C\C=C\[C@H](C)[C@H](O)[C@@H](C)[C@@H](O)[C@@H](C)[C@H](OC(=O)N2CCN(CC34CC(CO3)C4)CC2)[C@@H]1C. The van der Waals surface area contributed by atoms with Gasteiger partial charge in [0.25, 0.3) is 11.7 Å². The molecule has 1 saturated carbocycles. The van der Waals surface area contributed by atoms with Gasteiger partial charge in [-0.15, -0.1) is 0 Å². The van der Waals surface area contributed by atoms with Gasteiger partial charge in [-0.25, -0.2) is 9.79 Å². The summed E-state index contributed by atoms with van der Waals surface area (Å²) in [6.07, 6.45) is 6.68. The highest BCUT2D eigenvalue weighted by Gasteiger charge is 2.53. The largest absolute Gasteiger partial charge is 0.507 e. The van der Waals surface area contributed by atoms with E-state index in [9.17, 15) is 34.8 Å². The molecule has 73 heavy (non-hydrogen) atoms. The molecule has 2 amide bonds. The number of nitrogens with zero attached hydrogens (tertiary/aromatic N) is 5. The fourth-order valence-corrected chi connectivity index (χ4v) is 12.4. The Morgan fingerprint density at radius 2 is 1.60 bits per heavy atom. The van der Waals surface area contributed by atoms with Gasteiger partial charge in [0.05, 0.1) is 53.4 Å². The summed E-state index contributed by atoms with van der Waals surface area (Å²) in [5, 5.41) is 51.7. The number of aliphatic hydroxyl groups is 2. The van der Waals surface area contributed by atoms with Crippen LogP contribution in [0.3, 0.4) is 0 Å². The Labute approximate surface area is 427 Å². The molecule has 7 bridgehead atoms. The first-order valence-electron chi connectivity index (χ1n) is 26.3. The summed E-state index contributed by atoms with van der Waals surface area (Å²) >= 11 is 0. The molecule has 9 atom stereocenters. The third-order valence-electron chi connectivity index (χ3n) is 16.9. The van der Waals surface area contributed by atoms with Crippen molar-refractivity contribution in [1.82, 2.24) is 14.7 Å². The zero-order chi connectivity index (χ0) is 52.5. The molecule has 1 spiro atoms. The van der Waals surface area contributed by atoms with Crippen molar-refractivity contribution in [3.8, 4) is 17.2 Å². The lowest BCUT2D eigenvalue weighted by Gasteiger charge is -2.43. The Morgan fingerprint density at radius 3 is 2.25 bits per heavy atom. The fraction of sp³-hybridized carbons (Fsp3) is 0.655. The Kier molecular flexibility index (Phi) is 14.6. The van der Waals surface area contributed by atoms with Crippen molar-refractivity contribution in [3.05, 3.63) is 58.0 Å². The number of Topliss-reactive ketones (excluding diaryl/α,β-unsaturated/α-hetero) is 1. The number of ether oxygens (including phenoxy) is 5. The molecule has 4 saturated heterocycles. The van der Waals surface area contributed by atoms with E-state index in [2.05, 4.69) is 34.0 Å². The van der Waals surface area contributed by atoms with Crippen molar-refractivity contribution in [2.75, 3.05) is 71.4 Å². The number of piperazine rings is 1. The monoisotopic (exact) mass is 1010 g/mol. The van der Waals surface area contributed by atoms with Crippen LogP contribution in [-0.4, -0.2) is 160 Å². The highest BCUT2D eigenvalue weighted by atomic mass is 16.7. The number of phenolic OH excluding ortho intramolecular Hbond substituents is 2. The zero-order valence-corrected chi connectivity index (χ0v) is 44.1. The number of hydrogen-bond donors (Lipinski definition) is 5. The quantitative estimate of drug-likeness (QED) is 0.237. The maximum atomic E-state index is 15.0. The molecule has 1 aliphatic carbocycles. The first kappa shape index (κ1) is 52.7. The molecule has 9 aliphatic rings. The lowest BCUT2D eigenvalue weighted by Crippen LogP contribution is -2.55. The highest BCUT2D eigenvalue weighted by molar-refractivity contribution is 6.21. The van der Waals surface area contributed by atoms with E-state index in [0.717, 1.165) is 45.6 Å². The Bertz CT molecular complexity index is 2710. The Hall–Kier alpha value is -5.11. The Balaban J connectivity index is 1.08. The lowest BCUT2D eigenvalue weighted by molar-refractivity contribution is -0.114. The first-order chi connectivity index (χ1) is 34.6. The van der Waals surface area contributed by atoms with Crippen molar-refractivity contribution in [3.63, 3.8) is 0 Å². The van der Waals surface area contributed by atoms with Crippen LogP contribution in [0, 0.1) is 42.4 Å². The van der Waals surface area contributed by atoms with Gasteiger partial charge in [0, 0.05) is 119 Å². The van der Waals surface area contributed by atoms with Crippen LogP contribution in [0.4, 0.5) is 10.5 Å². The third kappa shape index (κ3) is 9.76. The molecule has 0 unspecified atom stereocenters. The van der Waals surface area contributed by atoms with Crippen LogP contribution in [-0.2, 0) is 23.7 Å². The van der Waals surface area contributed by atoms with E-state index < -0.39 is 83.1 Å². The topological polar surface area (TPSA) is 225 Å². The van der Waals surface area contributed by atoms with Gasteiger partial charge >= 0.3 is 11.9 Å². The molecule has 18 heteroatoms. The second-order valence-corrected chi connectivity index (χ2v) is 22.8. The number of carbonyl (C=O) groups excluding carboxylic acids is 3. The number of likely N-dealkylation sites (tertiary alicyclic amines) is 1. The van der Waals surface area contributed by atoms with Crippen LogP contribution in [0.2, 0.25) is 0 Å². The summed E-state index contributed by atoms with van der Waals surface area (Å²) in [5.41, 5.74) is -0.185. The number of piperidine rings is 1. The molecule has 5 N–H and O–H groups in total. The van der Waals surface area contributed by atoms with Gasteiger partial charge in [-0.2, -0.15) is 0 Å². The standard InChI is InChI=1S/C55H76N6O12/c1-29(2)26-59-17-15-55(16-18-59)57-41-38-39-46(64)35(8)49-40(38)50(66)53(9,73-49)70-23-14-37(69-10)32(5)48(72-52(68)61-21-19-60(20-22-61)28-54-24-36(25-54)27-71-54)34(7)45(63)33(6)44(62)30(3)12-11-13-31(4)51(67)56-43(47(39)65)42(41)58-55/h11-14,23,29-30,32-34,36-37,44-45,48,57,62-65H,15-22,24-28H2,1-10H3/b12-11+,23-14+,31-13-,56-43?/t30-,32+,33+,34+,36?,37-,44-,45+,48+,53-,54?/m0/s1. The number of phenols is 2. The van der Waals surface area contributed by atoms with E-state index in [1.165, 1.54) is 20.3 Å². The van der Waals surface area contributed by atoms with E-state index in [1.54, 1.807) is 63.8 Å². The van der Waals surface area contributed by atoms with E-state index in [0.29, 0.717) is 56.5 Å². The van der Waals surface area contributed by atoms with E-state index >= 15 is 0 Å². The molecule has 398 valence electrons. The molecule has 0 aromatic heterocycles. The molecule has 8 heterocycles. The molecule has 18 nitrogen and oxygen atoms in total. The molecule has 5 fully saturated rings. The molecule has 2 aromatic carbocycles. The smallest absolute Gasteiger partial charge is 0.410 e. The number of fused-ring (bicyclic) bond motifs is 14. The number of benzene rings is 2. The molecular formula is C55H76N6O12. The predicted molar refractivity (Wildman–Crippen MR) is 272 cm³/mol. The number of methoxy groups -OCH3 is 1. The van der Waals surface area contributed by atoms with Crippen molar-refractivity contribution >= 4 is 34.2 Å². The summed E-state index contributed by atoms with van der Waals surface area (Å²) in [6.45, 7) is 22.4. The third-order valence-corrected chi connectivity index (χ3v) is 16.9. The maximum absolute atomic E-state index is 15.0. The summed E-state index contributed by atoms with van der Waals surface area (Å²) < 4.78 is 31.2. The molecular weight excluding hydrogens is 937 g/mol. The van der Waals surface area contributed by atoms with Gasteiger partial charge in [0.1, 0.15) is 34.0 Å². The van der Waals surface area contributed by atoms with E-state index in [1.807, 2.05) is 6.92 Å². The van der Waals surface area contributed by atoms with Crippen LogP contribution in [0.25, 0.3) is 10.8 Å². The number of aliphatic hydroxyl groups excluding tert-OH is 2. The number of rotatable bonds is 6. The predicted octanol–water partition coefficient (Wildman–Crippen LogP) is 5.12. The minimum atomic E-state index is -1.98. The average Bonchev–Trinajstić information content (AvgIpc) is 4.12. The number of ketones is 1. The second-order valence-electron chi connectivity index (χ2n) is 22.8. The number of aromatic hydroxyl groups is 2. The van der Waals surface area contributed by atoms with Gasteiger partial charge in [-0.05, 0) is 44.6 Å². The molecule has 11 rings (SSSR count). The number of nitrogens with one attached hydrogen (secondary N) is 1. The van der Waals surface area contributed by atoms with Gasteiger partial charge in [-0.3, -0.25) is 19.5 Å². The maximum Gasteiger partial charge on any atom is 0.410 e. The molecule has 8 aliphatic heterocycles. The van der Waals surface area contributed by atoms with Crippen LogP contribution < -0.4 is 20.8 Å². The Morgan fingerprint density at radius 1 is 0.904 bits per heavy atom. The van der Waals surface area contributed by atoms with E-state index in [-0.39, 0.29) is 55.3 Å². The van der Waals surface area contributed by atoms with Crippen molar-refractivity contribution in [2.24, 2.45) is 45.5 Å². The van der Waals surface area contributed by atoms with Crippen molar-refractivity contribution in [1.29, 1.82) is 0 Å². The van der Waals surface area contributed by atoms with Crippen LogP contribution in [0.15, 0.2) is 46.1 Å². The van der Waals surface area contributed by atoms with Gasteiger partial charge < -0.3 is 59.2 Å². The van der Waals surface area contributed by atoms with Gasteiger partial charge in [0.15, 0.2) is 5.75 Å². The number of carbonyl (C=O) groups is 3. The van der Waals surface area contributed by atoms with Crippen LogP contribution in [0.1, 0.15) is 97.0 Å². The molecule has 0 radical (unpaired) electrons. The minimum Gasteiger partial charge on any atom is -0.507 e. The molecule has 2 aromatic rings. The minimum absolute atomic E-state index is 0.0548. The average molecular weight is 1010 g/mol. The first-order valence-corrected chi connectivity index (χ1v) is 26.3. The highest BCUT2D eigenvalue weighted by Crippen LogP contribution is 2.52. The number of hydrogen-bond acceptors (Lipinski definition) is 16. The number of amides is 2. The normalized spacial score (nSPS) is 35.4. The lowest BCUT2D eigenvalue weighted by atomic mass is 9.74. The van der Waals surface area contributed by atoms with Gasteiger partial charge in [-0.1, -0.05) is 59.8 Å². The van der Waals surface area contributed by atoms with Crippen molar-refractivity contribution in [2.45, 2.75) is 129 Å². The second kappa shape index (κ2) is 20.2. The fourth-order valence-electron chi connectivity index (χ4n) is 12.4. The summed E-state index contributed by atoms with van der Waals surface area (Å²) in [6, 6.07) is 0. The number of allylic oxidation sites excluding steroid dienone is 2.